The quantitative estimate of drug-likeness (QED) is 0.480. The summed E-state index contributed by atoms with van der Waals surface area (Å²) in [5.74, 6) is -0.762. The largest absolute Gasteiger partial charge is 0.459 e. The van der Waals surface area contributed by atoms with Gasteiger partial charge in [-0.2, -0.15) is 0 Å². The van der Waals surface area contributed by atoms with E-state index in [0.29, 0.717) is 0 Å². The maximum absolute atomic E-state index is 11.8. The lowest BCUT2D eigenvalue weighted by molar-refractivity contribution is -0.120. The molecule has 7 nitrogen and oxygen atoms in total. The number of amides is 2. The third-order valence-corrected chi connectivity index (χ3v) is 3.65. The van der Waals surface area contributed by atoms with E-state index >= 15 is 0 Å². The lowest BCUT2D eigenvalue weighted by atomic mass is 10.1. The second kappa shape index (κ2) is 8.84. The highest BCUT2D eigenvalue weighted by Gasteiger charge is 2.11. The molecule has 0 bridgehead atoms. The summed E-state index contributed by atoms with van der Waals surface area (Å²) in [6.07, 6.45) is 2.24. The van der Waals surface area contributed by atoms with Gasteiger partial charge in [0.1, 0.15) is 0 Å². The molecule has 0 saturated heterocycles. The van der Waals surface area contributed by atoms with Crippen LogP contribution in [0.2, 0.25) is 0 Å². The van der Waals surface area contributed by atoms with Crippen molar-refractivity contribution in [2.24, 2.45) is 0 Å². The van der Waals surface area contributed by atoms with Gasteiger partial charge in [0.2, 0.25) is 0 Å². The first-order valence-corrected chi connectivity index (χ1v) is 8.18. The fourth-order valence-electron chi connectivity index (χ4n) is 2.17. The first-order chi connectivity index (χ1) is 12.0. The second-order valence-corrected chi connectivity index (χ2v) is 5.66. The van der Waals surface area contributed by atoms with E-state index < -0.39 is 11.8 Å². The van der Waals surface area contributed by atoms with E-state index in [2.05, 4.69) is 28.4 Å². The topological polar surface area (TPSA) is 95.4 Å². The van der Waals surface area contributed by atoms with Crippen LogP contribution in [0.1, 0.15) is 28.6 Å². The van der Waals surface area contributed by atoms with E-state index in [-0.39, 0.29) is 17.4 Å². The van der Waals surface area contributed by atoms with Gasteiger partial charge >= 0.3 is 0 Å². The Hall–Kier alpha value is -2.87. The van der Waals surface area contributed by atoms with Gasteiger partial charge in [0.25, 0.3) is 11.8 Å². The molecule has 0 radical (unpaired) electrons. The maximum atomic E-state index is 11.8. The van der Waals surface area contributed by atoms with Crippen LogP contribution < -0.4 is 21.5 Å². The van der Waals surface area contributed by atoms with Crippen molar-refractivity contribution in [3.63, 3.8) is 0 Å². The van der Waals surface area contributed by atoms with Crippen LogP contribution in [-0.4, -0.2) is 23.5 Å². The van der Waals surface area contributed by atoms with Crippen molar-refractivity contribution >= 4 is 34.8 Å². The molecule has 0 spiro atoms. The Bertz CT molecular complexity index is 759. The number of hydrogen-bond acceptors (Lipinski definition) is 4. The molecular formula is C17H20N4O3S. The summed E-state index contributed by atoms with van der Waals surface area (Å²) >= 11 is 5.18. The smallest absolute Gasteiger partial charge is 0.287 e. The summed E-state index contributed by atoms with van der Waals surface area (Å²) in [5, 5.41) is 5.77. The van der Waals surface area contributed by atoms with E-state index in [1.54, 1.807) is 6.07 Å². The van der Waals surface area contributed by atoms with Crippen LogP contribution in [0.15, 0.2) is 41.0 Å². The average molecular weight is 360 g/mol. The number of hydrazine groups is 1. The second-order valence-electron chi connectivity index (χ2n) is 5.25. The number of nitrogens with one attached hydrogen (secondary N) is 4. The minimum absolute atomic E-state index is 0.143. The summed E-state index contributed by atoms with van der Waals surface area (Å²) in [6.45, 7) is 3.83. The number of hydrogen-bond donors (Lipinski definition) is 4. The van der Waals surface area contributed by atoms with Gasteiger partial charge in [-0.1, -0.05) is 25.1 Å². The molecule has 1 aromatic carbocycles. The highest BCUT2D eigenvalue weighted by atomic mass is 32.1. The Kier molecular flexibility index (Phi) is 6.53. The van der Waals surface area contributed by atoms with E-state index in [9.17, 15) is 9.59 Å². The number of carbonyl (C=O) groups excluding carboxylic acids is 2. The van der Waals surface area contributed by atoms with Crippen LogP contribution in [-0.2, 0) is 11.2 Å². The van der Waals surface area contributed by atoms with Crippen LogP contribution in [0.3, 0.4) is 0 Å². The summed E-state index contributed by atoms with van der Waals surface area (Å²) in [6, 6.07) is 9.08. The number of anilines is 1. The van der Waals surface area contributed by atoms with Gasteiger partial charge in [-0.3, -0.25) is 20.4 Å². The number of para-hydroxylation sites is 1. The molecule has 0 aliphatic rings. The summed E-state index contributed by atoms with van der Waals surface area (Å²) in [4.78, 5) is 23.4. The Morgan fingerprint density at radius 2 is 1.96 bits per heavy atom. The molecule has 1 aromatic heterocycles. The Balaban J connectivity index is 1.78. The monoisotopic (exact) mass is 360 g/mol. The van der Waals surface area contributed by atoms with E-state index in [1.807, 2.05) is 25.1 Å². The Morgan fingerprint density at radius 1 is 1.16 bits per heavy atom. The molecule has 2 aromatic rings. The van der Waals surface area contributed by atoms with Crippen molar-refractivity contribution in [2.75, 3.05) is 11.9 Å². The van der Waals surface area contributed by atoms with Crippen molar-refractivity contribution in [3.05, 3.63) is 53.5 Å². The van der Waals surface area contributed by atoms with Crippen molar-refractivity contribution in [2.45, 2.75) is 20.3 Å². The van der Waals surface area contributed by atoms with Crippen LogP contribution in [0.5, 0.6) is 0 Å². The van der Waals surface area contributed by atoms with Gasteiger partial charge in [-0.05, 0) is 48.8 Å². The molecule has 0 unspecified atom stereocenters. The first kappa shape index (κ1) is 18.5. The van der Waals surface area contributed by atoms with Crippen LogP contribution in [0.25, 0.3) is 0 Å². The molecule has 8 heteroatoms. The van der Waals surface area contributed by atoms with E-state index in [0.717, 1.165) is 23.2 Å². The predicted octanol–water partition coefficient (Wildman–Crippen LogP) is 1.90. The standard InChI is InChI=1S/C17H20N4O3S/c1-3-12-7-4-6-11(2)15(12)19-17(25)21-20-14(22)10-18-16(23)13-8-5-9-24-13/h4-9H,3,10H2,1-2H3,(H,18,23)(H,20,22)(H2,19,21,25). The molecule has 132 valence electrons. The fourth-order valence-corrected chi connectivity index (χ4v) is 2.33. The molecule has 2 amide bonds. The first-order valence-electron chi connectivity index (χ1n) is 7.77. The number of thiocarbonyl (C=S) groups is 1. The van der Waals surface area contributed by atoms with Gasteiger partial charge in [0.15, 0.2) is 10.9 Å². The highest BCUT2D eigenvalue weighted by Crippen LogP contribution is 2.20. The number of rotatable bonds is 5. The van der Waals surface area contributed by atoms with E-state index in [1.165, 1.54) is 12.3 Å². The Morgan fingerprint density at radius 3 is 2.64 bits per heavy atom. The summed E-state index contributed by atoms with van der Waals surface area (Å²) in [5.41, 5.74) is 8.14. The number of carbonyl (C=O) groups is 2. The zero-order valence-electron chi connectivity index (χ0n) is 14.0. The molecule has 0 saturated carbocycles. The molecule has 4 N–H and O–H groups in total. The van der Waals surface area contributed by atoms with Crippen molar-refractivity contribution in [1.29, 1.82) is 0 Å². The molecule has 0 aliphatic carbocycles. The minimum atomic E-state index is -0.464. The zero-order chi connectivity index (χ0) is 18.2. The van der Waals surface area contributed by atoms with Crippen LogP contribution >= 0.6 is 12.2 Å². The Labute approximate surface area is 151 Å². The molecule has 0 aliphatic heterocycles. The normalized spacial score (nSPS) is 10.0. The number of benzene rings is 1. The van der Waals surface area contributed by atoms with Crippen LogP contribution in [0, 0.1) is 6.92 Å². The molecule has 1 heterocycles. The van der Waals surface area contributed by atoms with Crippen molar-refractivity contribution in [1.82, 2.24) is 16.2 Å². The van der Waals surface area contributed by atoms with Gasteiger partial charge < -0.3 is 15.1 Å². The minimum Gasteiger partial charge on any atom is -0.459 e. The molecule has 25 heavy (non-hydrogen) atoms. The van der Waals surface area contributed by atoms with Crippen molar-refractivity contribution < 1.29 is 14.0 Å². The van der Waals surface area contributed by atoms with Gasteiger partial charge in [-0.25, -0.2) is 0 Å². The zero-order valence-corrected chi connectivity index (χ0v) is 14.8. The molecule has 0 fully saturated rings. The van der Waals surface area contributed by atoms with E-state index in [4.69, 9.17) is 16.6 Å². The SMILES string of the molecule is CCc1cccc(C)c1NC(=S)NNC(=O)CNC(=O)c1ccco1. The lowest BCUT2D eigenvalue weighted by Gasteiger charge is -2.16. The molecule has 0 atom stereocenters. The molecular weight excluding hydrogens is 340 g/mol. The third-order valence-electron chi connectivity index (χ3n) is 3.45. The fraction of sp³-hybridized carbons (Fsp3) is 0.235. The predicted molar refractivity (Wildman–Crippen MR) is 99.1 cm³/mol. The highest BCUT2D eigenvalue weighted by molar-refractivity contribution is 7.80. The van der Waals surface area contributed by atoms with Gasteiger partial charge in [0, 0.05) is 5.69 Å². The summed E-state index contributed by atoms with van der Waals surface area (Å²) < 4.78 is 4.94. The van der Waals surface area contributed by atoms with Crippen molar-refractivity contribution in [3.8, 4) is 0 Å². The molecule has 2 rings (SSSR count). The third kappa shape index (κ3) is 5.32. The lowest BCUT2D eigenvalue weighted by Crippen LogP contribution is -2.47. The van der Waals surface area contributed by atoms with Gasteiger partial charge in [-0.15, -0.1) is 0 Å². The average Bonchev–Trinajstić information content (AvgIpc) is 3.14. The van der Waals surface area contributed by atoms with Gasteiger partial charge in [0.05, 0.1) is 12.8 Å². The van der Waals surface area contributed by atoms with Crippen LogP contribution in [0.4, 0.5) is 5.69 Å². The number of aryl methyl sites for hydroxylation is 2. The maximum Gasteiger partial charge on any atom is 0.287 e. The summed E-state index contributed by atoms with van der Waals surface area (Å²) in [7, 11) is 0. The number of furan rings is 1.